The fourth-order valence-corrected chi connectivity index (χ4v) is 11.5. The summed E-state index contributed by atoms with van der Waals surface area (Å²) >= 11 is 0. The number of nitrogens with two attached hydrogens (primary N) is 2. The van der Waals surface area contributed by atoms with E-state index in [0.29, 0.717) is 64.6 Å². The average Bonchev–Trinajstić information content (AvgIpc) is 3.50. The van der Waals surface area contributed by atoms with Crippen molar-refractivity contribution in [3.8, 4) is 0 Å². The topological polar surface area (TPSA) is 157 Å². The molecular formula is C44H76N2O8. The van der Waals surface area contributed by atoms with E-state index in [9.17, 15) is 19.2 Å². The summed E-state index contributed by atoms with van der Waals surface area (Å²) < 4.78 is 24.7. The van der Waals surface area contributed by atoms with E-state index in [0.717, 1.165) is 64.2 Å². The summed E-state index contributed by atoms with van der Waals surface area (Å²) in [6, 6.07) is 0. The van der Waals surface area contributed by atoms with Crippen LogP contribution in [0.4, 0.5) is 0 Å². The average molecular weight is 761 g/mol. The normalized spacial score (nSPS) is 33.5. The first kappa shape index (κ1) is 44.5. The SMILES string of the molecule is CCCCCCCCOC(=O)CC[C@@H](C)[C@H]1CC[C@H]2[C@@H]3[C@H](OC(=O)CCC)C[C@@H]4C[C@H](OC(=O)CCCN)CC[C@]4(C)[C@H]3C[C@H](OC(=O)CCCN)[C@]12C. The molecule has 4 fully saturated rings. The number of hydrogen-bond donors (Lipinski definition) is 2. The first-order valence-electron chi connectivity index (χ1n) is 22.1. The van der Waals surface area contributed by atoms with Crippen molar-refractivity contribution in [1.29, 1.82) is 0 Å². The minimum atomic E-state index is -0.338. The molecule has 0 heterocycles. The molecule has 0 spiro atoms. The van der Waals surface area contributed by atoms with E-state index in [-0.39, 0.29) is 88.5 Å². The number of rotatable bonds is 22. The number of unbranched alkanes of at least 4 members (excludes halogenated alkanes) is 5. The molecule has 10 nitrogen and oxygen atoms in total. The summed E-state index contributed by atoms with van der Waals surface area (Å²) in [6.45, 7) is 12.6. The molecule has 4 aliphatic rings. The fraction of sp³-hybridized carbons (Fsp3) is 0.909. The van der Waals surface area contributed by atoms with Gasteiger partial charge in [0, 0.05) is 37.0 Å². The third-order valence-electron chi connectivity index (χ3n) is 14.5. The smallest absolute Gasteiger partial charge is 0.306 e. The molecule has 0 aliphatic heterocycles. The van der Waals surface area contributed by atoms with Crippen LogP contribution in [0, 0.1) is 46.3 Å². The molecule has 10 heteroatoms. The van der Waals surface area contributed by atoms with Crippen LogP contribution < -0.4 is 11.5 Å². The zero-order valence-electron chi connectivity index (χ0n) is 34.6. The van der Waals surface area contributed by atoms with E-state index in [1.54, 1.807) is 0 Å². The van der Waals surface area contributed by atoms with Crippen LogP contribution in [0.15, 0.2) is 0 Å². The Morgan fingerprint density at radius 3 is 2.04 bits per heavy atom. The largest absolute Gasteiger partial charge is 0.466 e. The summed E-state index contributed by atoms with van der Waals surface area (Å²) in [5, 5.41) is 0. The molecule has 0 radical (unpaired) electrons. The monoisotopic (exact) mass is 761 g/mol. The maximum Gasteiger partial charge on any atom is 0.306 e. The van der Waals surface area contributed by atoms with Gasteiger partial charge in [-0.15, -0.1) is 0 Å². The van der Waals surface area contributed by atoms with Crippen molar-refractivity contribution in [3.05, 3.63) is 0 Å². The van der Waals surface area contributed by atoms with E-state index >= 15 is 0 Å². The highest BCUT2D eigenvalue weighted by Gasteiger charge is 2.67. The van der Waals surface area contributed by atoms with E-state index in [1.807, 2.05) is 6.92 Å². The molecule has 0 unspecified atom stereocenters. The highest BCUT2D eigenvalue weighted by Crippen LogP contribution is 2.69. The first-order valence-corrected chi connectivity index (χ1v) is 22.1. The highest BCUT2D eigenvalue weighted by molar-refractivity contribution is 5.70. The van der Waals surface area contributed by atoms with Gasteiger partial charge in [-0.2, -0.15) is 0 Å². The summed E-state index contributed by atoms with van der Waals surface area (Å²) in [5.74, 6) is 0.517. The maximum absolute atomic E-state index is 13.5. The Balaban J connectivity index is 1.56. The predicted molar refractivity (Wildman–Crippen MR) is 210 cm³/mol. The molecule has 4 rings (SSSR count). The number of ether oxygens (including phenoxy) is 4. The molecule has 310 valence electrons. The van der Waals surface area contributed by atoms with Crippen LogP contribution in [-0.4, -0.2) is 61.9 Å². The zero-order chi connectivity index (χ0) is 39.3. The van der Waals surface area contributed by atoms with Gasteiger partial charge < -0.3 is 30.4 Å². The third kappa shape index (κ3) is 11.0. The quantitative estimate of drug-likeness (QED) is 0.0626. The van der Waals surface area contributed by atoms with Gasteiger partial charge in [-0.3, -0.25) is 19.2 Å². The third-order valence-corrected chi connectivity index (χ3v) is 14.5. The van der Waals surface area contributed by atoms with E-state index in [2.05, 4.69) is 27.7 Å². The molecule has 4 N–H and O–H groups in total. The Hall–Kier alpha value is -2.20. The van der Waals surface area contributed by atoms with Crippen molar-refractivity contribution in [2.45, 2.75) is 188 Å². The Morgan fingerprint density at radius 1 is 0.685 bits per heavy atom. The molecule has 54 heavy (non-hydrogen) atoms. The lowest BCUT2D eigenvalue weighted by Gasteiger charge is -2.64. The molecule has 0 aromatic carbocycles. The molecule has 0 bridgehead atoms. The van der Waals surface area contributed by atoms with Gasteiger partial charge in [0.15, 0.2) is 0 Å². The zero-order valence-corrected chi connectivity index (χ0v) is 34.6. The van der Waals surface area contributed by atoms with E-state index in [1.165, 1.54) is 25.7 Å². The highest BCUT2D eigenvalue weighted by atomic mass is 16.6. The van der Waals surface area contributed by atoms with Crippen LogP contribution in [0.2, 0.25) is 0 Å². The first-order chi connectivity index (χ1) is 25.9. The van der Waals surface area contributed by atoms with Gasteiger partial charge in [-0.1, -0.05) is 66.7 Å². The van der Waals surface area contributed by atoms with Gasteiger partial charge in [0.25, 0.3) is 0 Å². The Kier molecular flexibility index (Phi) is 17.6. The summed E-state index contributed by atoms with van der Waals surface area (Å²) in [6.07, 6.45) is 16.1. The second-order valence-corrected chi connectivity index (χ2v) is 17.9. The van der Waals surface area contributed by atoms with Gasteiger partial charge in [0.1, 0.15) is 18.3 Å². The maximum atomic E-state index is 13.5. The number of carbonyl (C=O) groups is 4. The number of esters is 4. The van der Waals surface area contributed by atoms with E-state index in [4.69, 9.17) is 30.4 Å². The Morgan fingerprint density at radius 2 is 1.35 bits per heavy atom. The van der Waals surface area contributed by atoms with Crippen LogP contribution in [0.5, 0.6) is 0 Å². The standard InChI is InChI=1S/C44H76N2O8/c1-6-8-9-10-11-12-26-51-38(47)21-18-30(3)33-19-20-34-42-35(29-37(44(33,34)5)54-41(50)17-14-25-46)43(4)23-22-32(52-40(49)16-13-24-45)27-31(43)28-36(42)53-39(48)15-7-2/h30-37,42H,6-29,45-46H2,1-5H3/t30-,31+,32-,33-,34+,35+,36-,37+,42+,43+,44-/m1/s1. The molecule has 0 saturated heterocycles. The summed E-state index contributed by atoms with van der Waals surface area (Å²) in [7, 11) is 0. The van der Waals surface area contributed by atoms with Crippen molar-refractivity contribution >= 4 is 23.9 Å². The van der Waals surface area contributed by atoms with Gasteiger partial charge in [0.2, 0.25) is 0 Å². The van der Waals surface area contributed by atoms with Crippen LogP contribution in [0.1, 0.15) is 169 Å². The molecule has 0 aromatic rings. The van der Waals surface area contributed by atoms with Crippen LogP contribution in [-0.2, 0) is 38.1 Å². The number of carbonyl (C=O) groups excluding carboxylic acids is 4. The molecule has 0 amide bonds. The van der Waals surface area contributed by atoms with Crippen molar-refractivity contribution < 1.29 is 38.1 Å². The van der Waals surface area contributed by atoms with E-state index < -0.39 is 0 Å². The Labute approximate surface area is 326 Å². The summed E-state index contributed by atoms with van der Waals surface area (Å²) in [4.78, 5) is 52.2. The van der Waals surface area contributed by atoms with Crippen LogP contribution in [0.25, 0.3) is 0 Å². The Bertz CT molecular complexity index is 1210. The van der Waals surface area contributed by atoms with Crippen molar-refractivity contribution in [2.75, 3.05) is 19.7 Å². The number of hydrogen-bond acceptors (Lipinski definition) is 10. The van der Waals surface area contributed by atoms with Gasteiger partial charge in [-0.05, 0) is 125 Å². The number of fused-ring (bicyclic) bond motifs is 5. The second-order valence-electron chi connectivity index (χ2n) is 17.9. The lowest BCUT2D eigenvalue weighted by atomic mass is 9.43. The minimum absolute atomic E-state index is 0.0782. The second kappa shape index (κ2) is 21.4. The molecule has 11 atom stereocenters. The predicted octanol–water partition coefficient (Wildman–Crippen LogP) is 8.20. The van der Waals surface area contributed by atoms with Crippen molar-refractivity contribution in [1.82, 2.24) is 0 Å². The molecule has 4 aliphatic carbocycles. The van der Waals surface area contributed by atoms with Crippen molar-refractivity contribution in [2.24, 2.45) is 57.8 Å². The minimum Gasteiger partial charge on any atom is -0.466 e. The van der Waals surface area contributed by atoms with Gasteiger partial charge in [0.05, 0.1) is 6.61 Å². The van der Waals surface area contributed by atoms with Crippen molar-refractivity contribution in [3.63, 3.8) is 0 Å². The molecular weight excluding hydrogens is 684 g/mol. The van der Waals surface area contributed by atoms with Crippen LogP contribution >= 0.6 is 0 Å². The van der Waals surface area contributed by atoms with Gasteiger partial charge in [-0.25, -0.2) is 0 Å². The fourth-order valence-electron chi connectivity index (χ4n) is 11.5. The summed E-state index contributed by atoms with van der Waals surface area (Å²) in [5.41, 5.74) is 11.0. The van der Waals surface area contributed by atoms with Gasteiger partial charge >= 0.3 is 23.9 Å². The molecule has 4 saturated carbocycles. The van der Waals surface area contributed by atoms with Crippen LogP contribution in [0.3, 0.4) is 0 Å². The lowest BCUT2D eigenvalue weighted by Crippen LogP contribution is -2.63. The molecule has 0 aromatic heterocycles. The lowest BCUT2D eigenvalue weighted by molar-refractivity contribution is -0.225.